The van der Waals surface area contributed by atoms with Crippen LogP contribution < -0.4 is 9.64 Å². The van der Waals surface area contributed by atoms with Gasteiger partial charge in [0.2, 0.25) is 11.7 Å². The van der Waals surface area contributed by atoms with Crippen LogP contribution in [0.5, 0.6) is 5.88 Å². The highest BCUT2D eigenvalue weighted by atomic mass is 16.6. The summed E-state index contributed by atoms with van der Waals surface area (Å²) >= 11 is 0. The molecule has 32 heavy (non-hydrogen) atoms. The number of nitriles is 1. The third-order valence-electron chi connectivity index (χ3n) is 6.63. The quantitative estimate of drug-likeness (QED) is 0.703. The lowest BCUT2D eigenvalue weighted by molar-refractivity contribution is 0.0106. The van der Waals surface area contributed by atoms with Gasteiger partial charge in [-0.2, -0.15) is 10.2 Å². The molecule has 1 aromatic rings. The van der Waals surface area contributed by atoms with E-state index in [1.165, 1.54) is 0 Å². The van der Waals surface area contributed by atoms with Gasteiger partial charge < -0.3 is 14.4 Å². The van der Waals surface area contributed by atoms with Crippen molar-refractivity contribution in [2.75, 3.05) is 38.1 Å². The minimum Gasteiger partial charge on any atom is -0.473 e. The van der Waals surface area contributed by atoms with Crippen LogP contribution in [0.15, 0.2) is 6.07 Å². The fraction of sp³-hybridized carbons (Fsp3) is 0.739. The molecule has 1 spiro atoms. The number of rotatable bonds is 4. The summed E-state index contributed by atoms with van der Waals surface area (Å²) in [6.45, 7) is 10.6. The van der Waals surface area contributed by atoms with Crippen molar-refractivity contribution in [1.82, 2.24) is 19.8 Å². The van der Waals surface area contributed by atoms with Gasteiger partial charge in [-0.15, -0.1) is 0 Å². The van der Waals surface area contributed by atoms with E-state index in [-0.39, 0.29) is 23.6 Å². The average molecular weight is 443 g/mol. The third-order valence-corrected chi connectivity index (χ3v) is 6.63. The number of piperazine rings is 1. The van der Waals surface area contributed by atoms with Crippen molar-refractivity contribution < 1.29 is 14.3 Å². The minimum atomic E-state index is -0.519. The van der Waals surface area contributed by atoms with Crippen LogP contribution in [0.25, 0.3) is 0 Å². The van der Waals surface area contributed by atoms with E-state index in [0.717, 1.165) is 32.2 Å². The van der Waals surface area contributed by atoms with Crippen molar-refractivity contribution in [3.8, 4) is 11.9 Å². The topological polar surface area (TPSA) is 94.8 Å². The van der Waals surface area contributed by atoms with Gasteiger partial charge in [0.1, 0.15) is 23.6 Å². The maximum atomic E-state index is 12.7. The van der Waals surface area contributed by atoms with E-state index in [1.807, 2.05) is 31.7 Å². The van der Waals surface area contributed by atoms with Crippen LogP contribution in [0, 0.1) is 11.3 Å². The van der Waals surface area contributed by atoms with Crippen molar-refractivity contribution in [3.63, 3.8) is 0 Å². The lowest BCUT2D eigenvalue weighted by Crippen LogP contribution is -2.58. The predicted molar refractivity (Wildman–Crippen MR) is 120 cm³/mol. The van der Waals surface area contributed by atoms with Crippen molar-refractivity contribution in [1.29, 1.82) is 5.26 Å². The summed E-state index contributed by atoms with van der Waals surface area (Å²) in [5, 5.41) is 9.48. The lowest BCUT2D eigenvalue weighted by Gasteiger charge is -2.42. The highest BCUT2D eigenvalue weighted by molar-refractivity contribution is 5.71. The number of likely N-dealkylation sites (N-methyl/N-ethyl adjacent to an activating group) is 1. The van der Waals surface area contributed by atoms with E-state index in [9.17, 15) is 10.1 Å². The normalized spacial score (nSPS) is 23.7. The molecule has 2 saturated heterocycles. The van der Waals surface area contributed by atoms with Crippen LogP contribution in [0.3, 0.4) is 0 Å². The highest BCUT2D eigenvalue weighted by Crippen LogP contribution is 2.45. The van der Waals surface area contributed by atoms with Gasteiger partial charge in [0, 0.05) is 31.7 Å². The summed E-state index contributed by atoms with van der Waals surface area (Å²) in [4.78, 5) is 27.8. The molecule has 1 aliphatic carbocycles. The summed E-state index contributed by atoms with van der Waals surface area (Å²) in [6, 6.07) is 4.23. The molecule has 3 aliphatic rings. The Hall–Kier alpha value is -2.60. The fourth-order valence-electron chi connectivity index (χ4n) is 4.83. The standard InChI is InChI=1S/C23H34N6O3/c1-16(17-7-6-10-27(17)5)31-20-13-19(25-18(14-24)26-20)28-11-12-29(23(15-28)8-9-23)21(30)32-22(2,3)4/h13,16-17H,6-12,15H2,1-5H3/t16-,17?/m0/s1. The largest absolute Gasteiger partial charge is 0.473 e. The minimum absolute atomic E-state index is 0.0319. The Morgan fingerprint density at radius 3 is 2.62 bits per heavy atom. The first-order chi connectivity index (χ1) is 15.1. The van der Waals surface area contributed by atoms with Gasteiger partial charge in [0.05, 0.1) is 5.54 Å². The second kappa shape index (κ2) is 8.39. The van der Waals surface area contributed by atoms with Crippen LogP contribution in [0.2, 0.25) is 0 Å². The molecule has 1 saturated carbocycles. The zero-order valence-corrected chi connectivity index (χ0v) is 19.8. The molecule has 3 fully saturated rings. The number of ether oxygens (including phenoxy) is 2. The third kappa shape index (κ3) is 4.75. The molecule has 0 radical (unpaired) electrons. The van der Waals surface area contributed by atoms with E-state index in [2.05, 4.69) is 39.8 Å². The second-order valence-corrected chi connectivity index (χ2v) is 10.3. The molecule has 2 aliphatic heterocycles. The zero-order valence-electron chi connectivity index (χ0n) is 19.8. The smallest absolute Gasteiger partial charge is 0.410 e. The Morgan fingerprint density at radius 2 is 2.03 bits per heavy atom. The van der Waals surface area contributed by atoms with Crippen LogP contribution in [0.1, 0.15) is 59.2 Å². The van der Waals surface area contributed by atoms with Crippen LogP contribution in [-0.2, 0) is 4.74 Å². The summed E-state index contributed by atoms with van der Waals surface area (Å²) < 4.78 is 11.8. The highest BCUT2D eigenvalue weighted by Gasteiger charge is 2.54. The SMILES string of the molecule is C[C@H](Oc1cc(N2CCN(C(=O)OC(C)(C)C)C3(CC3)C2)nc(C#N)n1)C1CCCN1C. The van der Waals surface area contributed by atoms with E-state index in [1.54, 1.807) is 0 Å². The van der Waals surface area contributed by atoms with Gasteiger partial charge in [0.15, 0.2) is 0 Å². The number of amides is 1. The molecule has 9 heteroatoms. The molecular weight excluding hydrogens is 408 g/mol. The number of carbonyl (C=O) groups excluding carboxylic acids is 1. The van der Waals surface area contributed by atoms with Gasteiger partial charge in [-0.05, 0) is 67.0 Å². The first kappa shape index (κ1) is 22.6. The summed E-state index contributed by atoms with van der Waals surface area (Å²) in [5.74, 6) is 1.20. The summed E-state index contributed by atoms with van der Waals surface area (Å²) in [7, 11) is 2.11. The van der Waals surface area contributed by atoms with Crippen molar-refractivity contribution in [2.24, 2.45) is 0 Å². The van der Waals surface area contributed by atoms with Crippen LogP contribution in [0.4, 0.5) is 10.6 Å². The fourth-order valence-corrected chi connectivity index (χ4v) is 4.83. The molecule has 1 unspecified atom stereocenters. The van der Waals surface area contributed by atoms with Gasteiger partial charge >= 0.3 is 6.09 Å². The Balaban J connectivity index is 1.49. The Morgan fingerprint density at radius 1 is 1.28 bits per heavy atom. The molecule has 0 aromatic carbocycles. The van der Waals surface area contributed by atoms with Crippen LogP contribution >= 0.6 is 0 Å². The van der Waals surface area contributed by atoms with E-state index in [0.29, 0.717) is 37.4 Å². The monoisotopic (exact) mass is 442 g/mol. The zero-order chi connectivity index (χ0) is 23.1. The Bertz CT molecular complexity index is 904. The number of hydrogen-bond donors (Lipinski definition) is 0. The summed E-state index contributed by atoms with van der Waals surface area (Å²) in [5.41, 5.74) is -0.742. The van der Waals surface area contributed by atoms with Gasteiger partial charge in [0.25, 0.3) is 0 Å². The number of carbonyl (C=O) groups is 1. The molecule has 4 rings (SSSR count). The number of likely N-dealkylation sites (tertiary alicyclic amines) is 1. The van der Waals surface area contributed by atoms with E-state index in [4.69, 9.17) is 9.47 Å². The molecule has 1 amide bonds. The van der Waals surface area contributed by atoms with Crippen molar-refractivity contribution >= 4 is 11.9 Å². The molecule has 0 N–H and O–H groups in total. The average Bonchev–Trinajstić information content (AvgIpc) is 3.33. The number of nitrogens with zero attached hydrogens (tertiary/aromatic N) is 6. The van der Waals surface area contributed by atoms with E-state index >= 15 is 0 Å². The van der Waals surface area contributed by atoms with Crippen molar-refractivity contribution in [2.45, 2.75) is 76.7 Å². The predicted octanol–water partition coefficient (Wildman–Crippen LogP) is 2.80. The molecule has 0 bridgehead atoms. The number of hydrogen-bond acceptors (Lipinski definition) is 8. The molecular formula is C23H34N6O3. The van der Waals surface area contributed by atoms with E-state index < -0.39 is 5.60 Å². The van der Waals surface area contributed by atoms with Gasteiger partial charge in [-0.25, -0.2) is 9.78 Å². The lowest BCUT2D eigenvalue weighted by atomic mass is 10.1. The number of anilines is 1. The van der Waals surface area contributed by atoms with Gasteiger partial charge in [-0.1, -0.05) is 0 Å². The molecule has 3 heterocycles. The molecule has 1 aromatic heterocycles. The maximum absolute atomic E-state index is 12.7. The Kier molecular flexibility index (Phi) is 5.93. The first-order valence-electron chi connectivity index (χ1n) is 11.5. The van der Waals surface area contributed by atoms with Crippen molar-refractivity contribution in [3.05, 3.63) is 11.9 Å². The van der Waals surface area contributed by atoms with Crippen LogP contribution in [-0.4, -0.2) is 82.4 Å². The van der Waals surface area contributed by atoms with Gasteiger partial charge in [-0.3, -0.25) is 9.80 Å². The molecule has 2 atom stereocenters. The number of aromatic nitrogens is 2. The Labute approximate surface area is 190 Å². The summed E-state index contributed by atoms with van der Waals surface area (Å²) in [6.07, 6.45) is 3.85. The first-order valence-corrected chi connectivity index (χ1v) is 11.5. The second-order valence-electron chi connectivity index (χ2n) is 10.3. The molecule has 9 nitrogen and oxygen atoms in total. The molecule has 174 valence electrons. The maximum Gasteiger partial charge on any atom is 0.410 e.